The first-order chi connectivity index (χ1) is 21.4. The second-order valence-corrected chi connectivity index (χ2v) is 11.3. The third-order valence-electron chi connectivity index (χ3n) is 6.77. The van der Waals surface area contributed by atoms with Crippen LogP contribution in [0.2, 0.25) is 10.0 Å². The molecule has 0 bridgehead atoms. The molecule has 0 atom stereocenters. The molecule has 0 radical (unpaired) electrons. The van der Waals surface area contributed by atoms with Crippen molar-refractivity contribution in [1.29, 1.82) is 0 Å². The molecule has 0 saturated carbocycles. The first kappa shape index (κ1) is 29.7. The summed E-state index contributed by atoms with van der Waals surface area (Å²) in [6, 6.07) is 23.3. The van der Waals surface area contributed by atoms with Gasteiger partial charge >= 0.3 is 0 Å². The molecule has 222 valence electrons. The minimum absolute atomic E-state index is 0.242. The van der Waals surface area contributed by atoms with Crippen molar-refractivity contribution in [2.24, 2.45) is 5.10 Å². The molecule has 0 spiro atoms. The average molecular weight is 693 g/mol. The Balaban J connectivity index is 1.40. The zero-order valence-corrected chi connectivity index (χ0v) is 26.6. The molecule has 0 aliphatic carbocycles. The number of furan rings is 1. The third-order valence-corrected chi connectivity index (χ3v) is 8.19. The molecule has 6 aromatic rings. The number of hydrogen-bond acceptors (Lipinski definition) is 7. The number of halogens is 3. The van der Waals surface area contributed by atoms with E-state index in [1.54, 1.807) is 61.9 Å². The van der Waals surface area contributed by atoms with E-state index in [4.69, 9.17) is 46.8 Å². The first-order valence-corrected chi connectivity index (χ1v) is 15.1. The van der Waals surface area contributed by atoms with Gasteiger partial charge < -0.3 is 18.6 Å². The van der Waals surface area contributed by atoms with E-state index in [-0.39, 0.29) is 18.0 Å². The molecule has 4 aromatic carbocycles. The van der Waals surface area contributed by atoms with Gasteiger partial charge in [0, 0.05) is 10.0 Å². The van der Waals surface area contributed by atoms with Crippen LogP contribution in [0, 0.1) is 0 Å². The first-order valence-electron chi connectivity index (χ1n) is 13.5. The smallest absolute Gasteiger partial charge is 0.282 e. The lowest BCUT2D eigenvalue weighted by Crippen LogP contribution is -2.20. The number of rotatable bonds is 9. The molecule has 2 heterocycles. The Labute approximate surface area is 270 Å². The zero-order valence-electron chi connectivity index (χ0n) is 23.5. The van der Waals surface area contributed by atoms with Crippen LogP contribution in [0.1, 0.15) is 18.1 Å². The Morgan fingerprint density at radius 3 is 2.55 bits per heavy atom. The van der Waals surface area contributed by atoms with Gasteiger partial charge in [0.15, 0.2) is 17.3 Å². The summed E-state index contributed by atoms with van der Waals surface area (Å²) in [5.41, 5.74) is 2.26. The van der Waals surface area contributed by atoms with Crippen LogP contribution < -0.4 is 19.8 Å². The van der Waals surface area contributed by atoms with Crippen molar-refractivity contribution in [3.63, 3.8) is 0 Å². The van der Waals surface area contributed by atoms with Gasteiger partial charge in [0.25, 0.3) is 5.56 Å². The summed E-state index contributed by atoms with van der Waals surface area (Å²) in [5, 5.41) is 6.68. The van der Waals surface area contributed by atoms with Gasteiger partial charge in [-0.1, -0.05) is 47.5 Å². The maximum absolute atomic E-state index is 13.7. The Bertz CT molecular complexity index is 2110. The third kappa shape index (κ3) is 5.91. The summed E-state index contributed by atoms with van der Waals surface area (Å²) in [6.45, 7) is 2.54. The van der Waals surface area contributed by atoms with Crippen LogP contribution in [0.4, 0.5) is 0 Å². The van der Waals surface area contributed by atoms with Crippen LogP contribution in [-0.4, -0.2) is 29.6 Å². The highest BCUT2D eigenvalue weighted by Crippen LogP contribution is 2.35. The van der Waals surface area contributed by atoms with Gasteiger partial charge in [-0.05, 0) is 83.0 Å². The van der Waals surface area contributed by atoms with Crippen LogP contribution in [0.3, 0.4) is 0 Å². The number of hydrogen-bond donors (Lipinski definition) is 0. The summed E-state index contributed by atoms with van der Waals surface area (Å²) in [7, 11) is 1.59. The zero-order chi connectivity index (χ0) is 30.8. The molecule has 0 saturated heterocycles. The van der Waals surface area contributed by atoms with E-state index in [1.807, 2.05) is 37.3 Å². The highest BCUT2D eigenvalue weighted by atomic mass is 79.9. The van der Waals surface area contributed by atoms with Crippen molar-refractivity contribution < 1.29 is 18.6 Å². The molecule has 8 nitrogen and oxygen atoms in total. The van der Waals surface area contributed by atoms with Crippen LogP contribution in [0.15, 0.2) is 97.6 Å². The van der Waals surface area contributed by atoms with E-state index in [2.05, 4.69) is 21.0 Å². The van der Waals surface area contributed by atoms with E-state index in [1.165, 1.54) is 4.68 Å². The lowest BCUT2D eigenvalue weighted by Gasteiger charge is -2.14. The minimum Gasteiger partial charge on any atom is -0.496 e. The molecule has 2 aromatic heterocycles. The average Bonchev–Trinajstić information content (AvgIpc) is 3.47. The Hall–Kier alpha value is -4.31. The fraction of sp³-hybridized carbons (Fsp3) is 0.121. The van der Waals surface area contributed by atoms with E-state index in [0.29, 0.717) is 66.2 Å². The normalized spacial score (nSPS) is 11.5. The van der Waals surface area contributed by atoms with Gasteiger partial charge in [0.1, 0.15) is 17.9 Å². The van der Waals surface area contributed by atoms with Gasteiger partial charge in [-0.15, -0.1) is 0 Å². The molecular weight excluding hydrogens is 669 g/mol. The van der Waals surface area contributed by atoms with Crippen LogP contribution in [0.25, 0.3) is 33.5 Å². The summed E-state index contributed by atoms with van der Waals surface area (Å²) < 4.78 is 25.5. The number of ether oxygens (including phenoxy) is 3. The molecule has 11 heteroatoms. The van der Waals surface area contributed by atoms with E-state index >= 15 is 0 Å². The Morgan fingerprint density at radius 2 is 1.75 bits per heavy atom. The van der Waals surface area contributed by atoms with E-state index in [0.717, 1.165) is 10.9 Å². The van der Waals surface area contributed by atoms with Crippen molar-refractivity contribution in [3.05, 3.63) is 115 Å². The van der Waals surface area contributed by atoms with Crippen molar-refractivity contribution in [1.82, 2.24) is 9.66 Å². The second kappa shape index (κ2) is 12.7. The topological polar surface area (TPSA) is 88.1 Å². The number of fused-ring (bicyclic) bond motifs is 2. The maximum Gasteiger partial charge on any atom is 0.282 e. The minimum atomic E-state index is -0.350. The molecular formula is C33H24BrCl2N3O5. The monoisotopic (exact) mass is 691 g/mol. The Kier molecular flexibility index (Phi) is 8.61. The van der Waals surface area contributed by atoms with Crippen molar-refractivity contribution >= 4 is 67.2 Å². The standard InChI is InChI=1S/C33H24BrCl2N3O5/c1-3-42-29-14-20(23(34)16-30(29)43-18-19-11-12-24(35)25(36)13-19)17-37-39-32(38-26-8-5-4-7-21(26)33(39)40)31-15-22-27(41-2)9-6-10-28(22)44-31/h4-17H,3,18H2,1-2H3. The van der Waals surface area contributed by atoms with E-state index in [9.17, 15) is 4.79 Å². The summed E-state index contributed by atoms with van der Waals surface area (Å²) >= 11 is 15.8. The lowest BCUT2D eigenvalue weighted by molar-refractivity contribution is 0.269. The SMILES string of the molecule is CCOc1cc(C=Nn2c(-c3cc4c(OC)cccc4o3)nc3ccccc3c2=O)c(Br)cc1OCc1ccc(Cl)c(Cl)c1. The van der Waals surface area contributed by atoms with Crippen molar-refractivity contribution in [3.8, 4) is 28.8 Å². The fourth-order valence-corrected chi connectivity index (χ4v) is 5.40. The van der Waals surface area contributed by atoms with Crippen LogP contribution >= 0.6 is 39.1 Å². The van der Waals surface area contributed by atoms with Gasteiger partial charge in [-0.2, -0.15) is 9.78 Å². The number of aromatic nitrogens is 2. The number of nitrogens with zero attached hydrogens (tertiary/aromatic N) is 3. The van der Waals surface area contributed by atoms with Crippen molar-refractivity contribution in [2.45, 2.75) is 13.5 Å². The molecule has 6 rings (SSSR count). The molecule has 44 heavy (non-hydrogen) atoms. The predicted molar refractivity (Wildman–Crippen MR) is 177 cm³/mol. The largest absolute Gasteiger partial charge is 0.496 e. The maximum atomic E-state index is 13.7. The number of para-hydroxylation sites is 1. The van der Waals surface area contributed by atoms with Gasteiger partial charge in [0.05, 0.1) is 46.3 Å². The predicted octanol–water partition coefficient (Wildman–Crippen LogP) is 8.75. The molecule has 0 amide bonds. The number of benzene rings is 4. The molecule has 0 aliphatic rings. The Morgan fingerprint density at radius 1 is 0.932 bits per heavy atom. The lowest BCUT2D eigenvalue weighted by atomic mass is 10.2. The van der Waals surface area contributed by atoms with E-state index < -0.39 is 0 Å². The highest BCUT2D eigenvalue weighted by molar-refractivity contribution is 9.10. The van der Waals surface area contributed by atoms with Crippen LogP contribution in [0.5, 0.6) is 17.2 Å². The summed E-state index contributed by atoms with van der Waals surface area (Å²) in [5.74, 6) is 2.27. The summed E-state index contributed by atoms with van der Waals surface area (Å²) in [6.07, 6.45) is 1.56. The van der Waals surface area contributed by atoms with Gasteiger partial charge in [0.2, 0.25) is 5.82 Å². The van der Waals surface area contributed by atoms with Crippen LogP contribution in [-0.2, 0) is 6.61 Å². The highest BCUT2D eigenvalue weighted by Gasteiger charge is 2.18. The van der Waals surface area contributed by atoms with Gasteiger partial charge in [-0.25, -0.2) is 4.98 Å². The quantitative estimate of drug-likeness (QED) is 0.141. The van der Waals surface area contributed by atoms with Gasteiger partial charge in [-0.3, -0.25) is 4.79 Å². The second-order valence-electron chi connectivity index (χ2n) is 9.59. The molecule has 0 N–H and O–H groups in total. The molecule has 0 fully saturated rings. The fourth-order valence-electron chi connectivity index (χ4n) is 4.65. The molecule has 0 aliphatic heterocycles. The summed E-state index contributed by atoms with van der Waals surface area (Å²) in [4.78, 5) is 18.5. The van der Waals surface area contributed by atoms with Crippen molar-refractivity contribution in [2.75, 3.05) is 13.7 Å². The molecule has 0 unspecified atom stereocenters. The number of methoxy groups -OCH3 is 1.